The van der Waals surface area contributed by atoms with E-state index in [0.29, 0.717) is 12.3 Å². The number of halogens is 1. The molecule has 0 spiro atoms. The van der Waals surface area contributed by atoms with Gasteiger partial charge in [-0.25, -0.2) is 4.98 Å². The molecular weight excluding hydrogens is 304 g/mol. The highest BCUT2D eigenvalue weighted by Gasteiger charge is 2.28. The van der Waals surface area contributed by atoms with Gasteiger partial charge in [0.2, 0.25) is 5.91 Å². The topological polar surface area (TPSA) is 33.2 Å². The maximum atomic E-state index is 12.3. The van der Waals surface area contributed by atoms with Crippen LogP contribution in [-0.2, 0) is 11.2 Å². The van der Waals surface area contributed by atoms with Crippen LogP contribution < -0.4 is 0 Å². The van der Waals surface area contributed by atoms with Crippen LogP contribution in [0.4, 0.5) is 0 Å². The molecule has 2 aromatic rings. The Labute approximate surface area is 133 Å². The summed E-state index contributed by atoms with van der Waals surface area (Å²) in [5.74, 6) is 0.509. The maximum absolute atomic E-state index is 12.3. The zero-order valence-corrected chi connectivity index (χ0v) is 13.5. The molecule has 0 unspecified atom stereocenters. The quantitative estimate of drug-likeness (QED) is 0.864. The van der Waals surface area contributed by atoms with Gasteiger partial charge in [0.1, 0.15) is 0 Å². The van der Waals surface area contributed by atoms with Gasteiger partial charge >= 0.3 is 0 Å². The summed E-state index contributed by atoms with van der Waals surface area (Å²) in [6, 6.07) is 7.92. The number of carbonyl (C=O) groups is 1. The molecule has 1 fully saturated rings. The minimum atomic E-state index is 0.162. The van der Waals surface area contributed by atoms with Crippen LogP contribution in [0, 0.1) is 6.92 Å². The van der Waals surface area contributed by atoms with E-state index in [1.54, 1.807) is 11.3 Å². The molecule has 0 bridgehead atoms. The minimum absolute atomic E-state index is 0.162. The van der Waals surface area contributed by atoms with Gasteiger partial charge in [0, 0.05) is 29.4 Å². The van der Waals surface area contributed by atoms with Crippen LogP contribution in [0.1, 0.15) is 28.6 Å². The first-order valence-corrected chi connectivity index (χ1v) is 8.32. The van der Waals surface area contributed by atoms with Gasteiger partial charge in [0.25, 0.3) is 0 Å². The lowest BCUT2D eigenvalue weighted by atomic mass is 9.98. The summed E-state index contributed by atoms with van der Waals surface area (Å²) in [6.45, 7) is 3.52. The number of hydrogen-bond acceptors (Lipinski definition) is 3. The fourth-order valence-electron chi connectivity index (χ4n) is 2.80. The molecule has 1 saturated heterocycles. The molecule has 1 atom stereocenters. The SMILES string of the molecule is Cc1nc(CC(=O)N2CC[C@@H](c3ccccc3Cl)C2)cs1. The molecule has 1 aliphatic heterocycles. The van der Waals surface area contributed by atoms with Crippen LogP contribution in [0.25, 0.3) is 0 Å². The number of aromatic nitrogens is 1. The largest absolute Gasteiger partial charge is 0.342 e. The van der Waals surface area contributed by atoms with Crippen molar-refractivity contribution in [3.05, 3.63) is 50.9 Å². The number of amides is 1. The van der Waals surface area contributed by atoms with Crippen molar-refractivity contribution in [2.75, 3.05) is 13.1 Å². The zero-order valence-electron chi connectivity index (χ0n) is 11.9. The Balaban J connectivity index is 1.64. The highest BCUT2D eigenvalue weighted by molar-refractivity contribution is 7.09. The number of likely N-dealkylation sites (tertiary alicyclic amines) is 1. The van der Waals surface area contributed by atoms with Crippen LogP contribution in [-0.4, -0.2) is 28.9 Å². The summed E-state index contributed by atoms with van der Waals surface area (Å²) >= 11 is 7.84. The van der Waals surface area contributed by atoms with Gasteiger partial charge in [-0.3, -0.25) is 4.79 Å². The van der Waals surface area contributed by atoms with Gasteiger partial charge in [0.05, 0.1) is 17.1 Å². The molecule has 21 heavy (non-hydrogen) atoms. The smallest absolute Gasteiger partial charge is 0.228 e. The second kappa shape index (κ2) is 6.16. The molecule has 1 aromatic carbocycles. The first-order valence-electron chi connectivity index (χ1n) is 7.06. The van der Waals surface area contributed by atoms with Gasteiger partial charge in [-0.2, -0.15) is 0 Å². The average Bonchev–Trinajstić information content (AvgIpc) is 3.09. The van der Waals surface area contributed by atoms with Crippen molar-refractivity contribution < 1.29 is 4.79 Å². The lowest BCUT2D eigenvalue weighted by Gasteiger charge is -2.16. The predicted octanol–water partition coefficient (Wildman–Crippen LogP) is 3.66. The third kappa shape index (κ3) is 3.27. The van der Waals surface area contributed by atoms with Gasteiger partial charge in [0.15, 0.2) is 0 Å². The molecule has 1 aliphatic rings. The van der Waals surface area contributed by atoms with Gasteiger partial charge in [-0.15, -0.1) is 11.3 Å². The number of aryl methyl sites for hydroxylation is 1. The second-order valence-corrected chi connectivity index (χ2v) is 6.85. The lowest BCUT2D eigenvalue weighted by molar-refractivity contribution is -0.129. The summed E-state index contributed by atoms with van der Waals surface area (Å²) < 4.78 is 0. The zero-order chi connectivity index (χ0) is 14.8. The summed E-state index contributed by atoms with van der Waals surface area (Å²) in [6.07, 6.45) is 1.38. The third-order valence-electron chi connectivity index (χ3n) is 3.88. The normalized spacial score (nSPS) is 18.2. The summed E-state index contributed by atoms with van der Waals surface area (Å²) in [5, 5.41) is 3.77. The summed E-state index contributed by atoms with van der Waals surface area (Å²) in [5.41, 5.74) is 2.03. The highest BCUT2D eigenvalue weighted by atomic mass is 35.5. The molecule has 3 rings (SSSR count). The van der Waals surface area contributed by atoms with Crippen molar-refractivity contribution in [1.82, 2.24) is 9.88 Å². The fraction of sp³-hybridized carbons (Fsp3) is 0.375. The molecular formula is C16H17ClN2OS. The van der Waals surface area contributed by atoms with Crippen molar-refractivity contribution in [2.45, 2.75) is 25.7 Å². The Hall–Kier alpha value is -1.39. The first-order chi connectivity index (χ1) is 10.1. The Morgan fingerprint density at radius 1 is 1.48 bits per heavy atom. The highest BCUT2D eigenvalue weighted by Crippen LogP contribution is 2.32. The second-order valence-electron chi connectivity index (χ2n) is 5.38. The number of nitrogens with zero attached hydrogens (tertiary/aromatic N) is 2. The van der Waals surface area contributed by atoms with Crippen LogP contribution in [0.2, 0.25) is 5.02 Å². The molecule has 0 N–H and O–H groups in total. The molecule has 2 heterocycles. The van der Waals surface area contributed by atoms with E-state index in [1.807, 2.05) is 35.4 Å². The van der Waals surface area contributed by atoms with E-state index in [9.17, 15) is 4.79 Å². The monoisotopic (exact) mass is 320 g/mol. The Morgan fingerprint density at radius 3 is 3.00 bits per heavy atom. The molecule has 0 radical (unpaired) electrons. The van der Waals surface area contributed by atoms with Crippen LogP contribution in [0.3, 0.4) is 0 Å². The van der Waals surface area contributed by atoms with E-state index in [2.05, 4.69) is 11.1 Å². The van der Waals surface area contributed by atoms with E-state index >= 15 is 0 Å². The fourth-order valence-corrected chi connectivity index (χ4v) is 3.71. The van der Waals surface area contributed by atoms with Crippen molar-refractivity contribution in [1.29, 1.82) is 0 Å². The number of hydrogen-bond donors (Lipinski definition) is 0. The molecule has 0 aliphatic carbocycles. The maximum Gasteiger partial charge on any atom is 0.228 e. The van der Waals surface area contributed by atoms with Crippen LogP contribution >= 0.6 is 22.9 Å². The van der Waals surface area contributed by atoms with Crippen molar-refractivity contribution in [3.63, 3.8) is 0 Å². The Kier molecular flexibility index (Phi) is 4.27. The average molecular weight is 321 g/mol. The number of rotatable bonds is 3. The molecule has 0 saturated carbocycles. The van der Waals surface area contributed by atoms with Gasteiger partial charge in [-0.1, -0.05) is 29.8 Å². The minimum Gasteiger partial charge on any atom is -0.342 e. The van der Waals surface area contributed by atoms with Gasteiger partial charge < -0.3 is 4.90 Å². The molecule has 5 heteroatoms. The van der Waals surface area contributed by atoms with E-state index in [4.69, 9.17) is 11.6 Å². The summed E-state index contributed by atoms with van der Waals surface area (Å²) in [4.78, 5) is 18.6. The van der Waals surface area contributed by atoms with E-state index in [0.717, 1.165) is 40.8 Å². The van der Waals surface area contributed by atoms with E-state index in [1.165, 1.54) is 0 Å². The van der Waals surface area contributed by atoms with E-state index in [-0.39, 0.29) is 5.91 Å². The standard InChI is InChI=1S/C16H17ClN2OS/c1-11-18-13(10-21-11)8-16(20)19-7-6-12(9-19)14-4-2-3-5-15(14)17/h2-5,10,12H,6-9H2,1H3/t12-/m1/s1. The number of thiazole rings is 1. The van der Waals surface area contributed by atoms with Crippen molar-refractivity contribution in [2.24, 2.45) is 0 Å². The molecule has 1 amide bonds. The molecule has 3 nitrogen and oxygen atoms in total. The van der Waals surface area contributed by atoms with Crippen LogP contribution in [0.15, 0.2) is 29.6 Å². The van der Waals surface area contributed by atoms with Crippen LogP contribution in [0.5, 0.6) is 0 Å². The first kappa shape index (κ1) is 14.5. The molecule has 1 aromatic heterocycles. The third-order valence-corrected chi connectivity index (χ3v) is 5.05. The number of benzene rings is 1. The van der Waals surface area contributed by atoms with Crippen molar-refractivity contribution >= 4 is 28.8 Å². The van der Waals surface area contributed by atoms with Gasteiger partial charge in [-0.05, 0) is 25.0 Å². The molecule has 110 valence electrons. The predicted molar refractivity (Wildman–Crippen MR) is 85.9 cm³/mol. The van der Waals surface area contributed by atoms with E-state index < -0.39 is 0 Å². The summed E-state index contributed by atoms with van der Waals surface area (Å²) in [7, 11) is 0. The van der Waals surface area contributed by atoms with Crippen molar-refractivity contribution in [3.8, 4) is 0 Å². The Bertz CT molecular complexity index is 655. The number of carbonyl (C=O) groups excluding carboxylic acids is 1. The Morgan fingerprint density at radius 2 is 2.29 bits per heavy atom. The lowest BCUT2D eigenvalue weighted by Crippen LogP contribution is -2.30.